The first kappa shape index (κ1) is 17.1. The van der Waals surface area contributed by atoms with Gasteiger partial charge in [0.15, 0.2) is 11.6 Å². The van der Waals surface area contributed by atoms with Crippen molar-refractivity contribution in [2.75, 3.05) is 23.5 Å². The maximum absolute atomic E-state index is 13.2. The maximum Gasteiger partial charge on any atom is 0.331 e. The number of aromatic nitrogens is 2. The molecule has 1 aliphatic rings. The second-order valence-electron chi connectivity index (χ2n) is 5.97. The van der Waals surface area contributed by atoms with Crippen molar-refractivity contribution in [3.05, 3.63) is 53.9 Å². The molecule has 0 unspecified atom stereocenters. The number of carbonyl (C=O) groups is 1. The molecule has 27 heavy (non-hydrogen) atoms. The van der Waals surface area contributed by atoms with E-state index in [-0.39, 0.29) is 12.6 Å². The third-order valence-corrected chi connectivity index (χ3v) is 4.64. The van der Waals surface area contributed by atoms with Crippen LogP contribution in [-0.2, 0) is 0 Å². The zero-order valence-electron chi connectivity index (χ0n) is 14.3. The number of halogens is 1. The van der Waals surface area contributed by atoms with E-state index >= 15 is 0 Å². The molecule has 0 radical (unpaired) electrons. The fourth-order valence-corrected chi connectivity index (χ4v) is 3.35. The van der Waals surface area contributed by atoms with Crippen LogP contribution in [0.4, 0.5) is 16.3 Å². The lowest BCUT2D eigenvalue weighted by molar-refractivity contribution is 0.255. The molecule has 8 heteroatoms. The third-order valence-electron chi connectivity index (χ3n) is 4.44. The molecule has 1 saturated heterocycles. The van der Waals surface area contributed by atoms with Gasteiger partial charge in [0.05, 0.1) is 36.6 Å². The summed E-state index contributed by atoms with van der Waals surface area (Å²) in [7, 11) is 1.48. The standard InChI is InChI=1S/C19H14ClN5O2/c1-27-17-6-13(20)9-23-18(17)24-11-14(7-21)25(19(24)26)16-10-22-8-12-4-2-3-5-15(12)16/h2-6,8-10,14H,11H2,1H3/t14-/m0/s1. The number of rotatable bonds is 3. The van der Waals surface area contributed by atoms with Crippen molar-refractivity contribution in [3.63, 3.8) is 0 Å². The summed E-state index contributed by atoms with van der Waals surface area (Å²) in [6, 6.07) is 10.3. The van der Waals surface area contributed by atoms with Gasteiger partial charge in [0, 0.05) is 29.2 Å². The molecule has 2 amide bonds. The topological polar surface area (TPSA) is 82.3 Å². The zero-order chi connectivity index (χ0) is 19.0. The van der Waals surface area contributed by atoms with E-state index in [1.165, 1.54) is 23.1 Å². The number of hydrogen-bond donors (Lipinski definition) is 0. The predicted molar refractivity (Wildman–Crippen MR) is 102 cm³/mol. The van der Waals surface area contributed by atoms with Crippen molar-refractivity contribution in [2.45, 2.75) is 6.04 Å². The number of carbonyl (C=O) groups excluding carboxylic acids is 1. The minimum absolute atomic E-state index is 0.156. The molecular weight excluding hydrogens is 366 g/mol. The number of urea groups is 1. The molecule has 1 aromatic carbocycles. The highest BCUT2D eigenvalue weighted by Crippen LogP contribution is 2.36. The second-order valence-corrected chi connectivity index (χ2v) is 6.40. The summed E-state index contributed by atoms with van der Waals surface area (Å²) in [6.07, 6.45) is 4.76. The Morgan fingerprint density at radius 2 is 2.11 bits per heavy atom. The quantitative estimate of drug-likeness (QED) is 0.694. The fraction of sp³-hybridized carbons (Fsp3) is 0.158. The Morgan fingerprint density at radius 3 is 2.89 bits per heavy atom. The van der Waals surface area contributed by atoms with Gasteiger partial charge in [-0.1, -0.05) is 35.9 Å². The Labute approximate surface area is 160 Å². The zero-order valence-corrected chi connectivity index (χ0v) is 15.1. The molecule has 134 valence electrons. The van der Waals surface area contributed by atoms with Crippen molar-refractivity contribution in [2.24, 2.45) is 0 Å². The number of benzene rings is 1. The van der Waals surface area contributed by atoms with E-state index in [1.807, 2.05) is 24.3 Å². The van der Waals surface area contributed by atoms with E-state index in [4.69, 9.17) is 16.3 Å². The average Bonchev–Trinajstić information content (AvgIpc) is 3.03. The van der Waals surface area contributed by atoms with Crippen molar-refractivity contribution in [3.8, 4) is 11.8 Å². The fourth-order valence-electron chi connectivity index (χ4n) is 3.20. The van der Waals surface area contributed by atoms with Gasteiger partial charge in [-0.3, -0.25) is 14.8 Å². The number of fused-ring (bicyclic) bond motifs is 1. The highest BCUT2D eigenvalue weighted by atomic mass is 35.5. The van der Waals surface area contributed by atoms with E-state index in [0.29, 0.717) is 22.3 Å². The van der Waals surface area contributed by atoms with Crippen LogP contribution in [0, 0.1) is 11.3 Å². The summed E-state index contributed by atoms with van der Waals surface area (Å²) in [5, 5.41) is 11.8. The van der Waals surface area contributed by atoms with E-state index in [2.05, 4.69) is 16.0 Å². The first-order valence-corrected chi connectivity index (χ1v) is 8.54. The number of ether oxygens (including phenoxy) is 1. The summed E-state index contributed by atoms with van der Waals surface area (Å²) in [6.45, 7) is 0.156. The molecule has 3 aromatic rings. The molecule has 0 N–H and O–H groups in total. The van der Waals surface area contributed by atoms with E-state index in [9.17, 15) is 10.1 Å². The Balaban J connectivity index is 1.81. The maximum atomic E-state index is 13.2. The summed E-state index contributed by atoms with van der Waals surface area (Å²) < 4.78 is 5.31. The van der Waals surface area contributed by atoms with Crippen LogP contribution in [-0.4, -0.2) is 35.7 Å². The smallest absolute Gasteiger partial charge is 0.331 e. The molecule has 0 spiro atoms. The molecule has 4 rings (SSSR count). The minimum Gasteiger partial charge on any atom is -0.493 e. The lowest BCUT2D eigenvalue weighted by Crippen LogP contribution is -2.35. The number of pyridine rings is 2. The van der Waals surface area contributed by atoms with Crippen LogP contribution in [0.3, 0.4) is 0 Å². The average molecular weight is 380 g/mol. The SMILES string of the molecule is COc1cc(Cl)cnc1N1C[C@H](C#N)N(c2cncc3ccccc23)C1=O. The highest BCUT2D eigenvalue weighted by molar-refractivity contribution is 6.30. The van der Waals surface area contributed by atoms with Crippen LogP contribution >= 0.6 is 11.6 Å². The third kappa shape index (κ3) is 2.80. The summed E-state index contributed by atoms with van der Waals surface area (Å²) in [4.78, 5) is 24.5. The van der Waals surface area contributed by atoms with Gasteiger partial charge in [-0.2, -0.15) is 5.26 Å². The van der Waals surface area contributed by atoms with Crippen LogP contribution in [0.5, 0.6) is 5.75 Å². The van der Waals surface area contributed by atoms with Crippen LogP contribution in [0.15, 0.2) is 48.9 Å². The van der Waals surface area contributed by atoms with Gasteiger partial charge in [-0.25, -0.2) is 9.78 Å². The van der Waals surface area contributed by atoms with E-state index in [1.54, 1.807) is 18.5 Å². The number of amides is 2. The van der Waals surface area contributed by atoms with E-state index in [0.717, 1.165) is 10.8 Å². The summed E-state index contributed by atoms with van der Waals surface area (Å²) in [5.74, 6) is 0.688. The van der Waals surface area contributed by atoms with Gasteiger partial charge in [0.25, 0.3) is 0 Å². The molecule has 3 heterocycles. The Kier molecular flexibility index (Phi) is 4.26. The normalized spacial score (nSPS) is 16.6. The van der Waals surface area contributed by atoms with Crippen molar-refractivity contribution in [1.29, 1.82) is 5.26 Å². The van der Waals surface area contributed by atoms with Crippen LogP contribution in [0.1, 0.15) is 0 Å². The summed E-state index contributed by atoms with van der Waals surface area (Å²) >= 11 is 5.97. The number of methoxy groups -OCH3 is 1. The molecule has 1 fully saturated rings. The Bertz CT molecular complexity index is 1080. The molecule has 1 atom stereocenters. The number of nitriles is 1. The predicted octanol–water partition coefficient (Wildman–Crippen LogP) is 3.63. The number of anilines is 2. The molecular formula is C19H14ClN5O2. The minimum atomic E-state index is -0.688. The van der Waals surface area contributed by atoms with Crippen LogP contribution < -0.4 is 14.5 Å². The van der Waals surface area contributed by atoms with Crippen molar-refractivity contribution < 1.29 is 9.53 Å². The van der Waals surface area contributed by atoms with Gasteiger partial charge >= 0.3 is 6.03 Å². The van der Waals surface area contributed by atoms with Gasteiger partial charge in [0.2, 0.25) is 0 Å². The first-order valence-electron chi connectivity index (χ1n) is 8.16. The van der Waals surface area contributed by atoms with E-state index < -0.39 is 6.04 Å². The molecule has 0 saturated carbocycles. The van der Waals surface area contributed by atoms with Crippen LogP contribution in [0.2, 0.25) is 5.02 Å². The molecule has 0 bridgehead atoms. The first-order chi connectivity index (χ1) is 13.1. The van der Waals surface area contributed by atoms with Crippen LogP contribution in [0.25, 0.3) is 10.8 Å². The highest BCUT2D eigenvalue weighted by Gasteiger charge is 2.41. The Hall–Kier alpha value is -3.37. The monoisotopic (exact) mass is 379 g/mol. The number of hydrogen-bond acceptors (Lipinski definition) is 5. The lowest BCUT2D eigenvalue weighted by atomic mass is 10.1. The van der Waals surface area contributed by atoms with Gasteiger partial charge in [0.1, 0.15) is 6.04 Å². The molecule has 7 nitrogen and oxygen atoms in total. The molecule has 2 aromatic heterocycles. The van der Waals surface area contributed by atoms with Gasteiger partial charge in [-0.05, 0) is 0 Å². The van der Waals surface area contributed by atoms with Gasteiger partial charge in [-0.15, -0.1) is 0 Å². The van der Waals surface area contributed by atoms with Crippen molar-refractivity contribution in [1.82, 2.24) is 9.97 Å². The molecule has 1 aliphatic heterocycles. The largest absolute Gasteiger partial charge is 0.493 e. The van der Waals surface area contributed by atoms with Crippen molar-refractivity contribution >= 4 is 39.9 Å². The summed E-state index contributed by atoms with van der Waals surface area (Å²) in [5.41, 5.74) is 0.583. The number of nitrogens with zero attached hydrogens (tertiary/aromatic N) is 5. The second kappa shape index (κ2) is 6.74. The van der Waals surface area contributed by atoms with Gasteiger partial charge < -0.3 is 4.74 Å². The molecule has 0 aliphatic carbocycles. The lowest BCUT2D eigenvalue weighted by Gasteiger charge is -2.21. The Morgan fingerprint density at radius 1 is 1.30 bits per heavy atom.